The zero-order valence-corrected chi connectivity index (χ0v) is 21.8. The zero-order valence-electron chi connectivity index (χ0n) is 19.5. The lowest BCUT2D eigenvalue weighted by Gasteiger charge is -2.13. The molecular formula is C28H24BrClN4O. The number of benzene rings is 3. The third kappa shape index (κ3) is 4.56. The molecule has 0 bridgehead atoms. The average Bonchev–Trinajstić information content (AvgIpc) is 3.22. The lowest BCUT2D eigenvalue weighted by molar-refractivity contribution is 0.613. The predicted octanol–water partition coefficient (Wildman–Crippen LogP) is 7.21. The quantitative estimate of drug-likeness (QED) is 0.211. The van der Waals surface area contributed by atoms with Crippen molar-refractivity contribution in [2.45, 2.75) is 32.7 Å². The fourth-order valence-electron chi connectivity index (χ4n) is 4.22. The molecule has 0 fully saturated rings. The maximum atomic E-state index is 13.5. The molecule has 5 rings (SSSR count). The Morgan fingerprint density at radius 1 is 1.09 bits per heavy atom. The molecule has 35 heavy (non-hydrogen) atoms. The highest BCUT2D eigenvalue weighted by molar-refractivity contribution is 9.10. The molecular weight excluding hydrogens is 524 g/mol. The van der Waals surface area contributed by atoms with Gasteiger partial charge in [0.15, 0.2) is 0 Å². The number of hydrogen-bond donors (Lipinski definition) is 0. The second-order valence-electron chi connectivity index (χ2n) is 8.62. The maximum Gasteiger partial charge on any atom is 0.282 e. The molecule has 0 saturated heterocycles. The van der Waals surface area contributed by atoms with Crippen LogP contribution in [0, 0.1) is 0 Å². The number of rotatable bonds is 6. The summed E-state index contributed by atoms with van der Waals surface area (Å²) in [6.45, 7) is 4.78. The molecule has 5 aromatic rings. The van der Waals surface area contributed by atoms with E-state index >= 15 is 0 Å². The largest absolute Gasteiger partial charge is 0.342 e. The van der Waals surface area contributed by atoms with Crippen LogP contribution in [0.2, 0.25) is 5.02 Å². The van der Waals surface area contributed by atoms with Crippen molar-refractivity contribution in [3.63, 3.8) is 0 Å². The topological polar surface area (TPSA) is 52.2 Å². The lowest BCUT2D eigenvalue weighted by atomic mass is 10.1. The number of aromatic nitrogens is 3. The Morgan fingerprint density at radius 3 is 2.66 bits per heavy atom. The third-order valence-corrected chi connectivity index (χ3v) is 7.18. The normalized spacial score (nSPS) is 12.7. The maximum absolute atomic E-state index is 13.5. The van der Waals surface area contributed by atoms with Gasteiger partial charge in [-0.3, -0.25) is 4.79 Å². The van der Waals surface area contributed by atoms with Crippen LogP contribution >= 0.6 is 27.5 Å². The van der Waals surface area contributed by atoms with Crippen LogP contribution in [-0.4, -0.2) is 20.4 Å². The first-order valence-electron chi connectivity index (χ1n) is 11.5. The molecule has 7 heteroatoms. The first-order chi connectivity index (χ1) is 17.0. The summed E-state index contributed by atoms with van der Waals surface area (Å²) in [6.07, 6.45) is 4.65. The fourth-order valence-corrected chi connectivity index (χ4v) is 4.77. The highest BCUT2D eigenvalue weighted by Gasteiger charge is 2.16. The van der Waals surface area contributed by atoms with Crippen molar-refractivity contribution in [1.29, 1.82) is 0 Å². The van der Waals surface area contributed by atoms with Crippen molar-refractivity contribution < 1.29 is 0 Å². The summed E-state index contributed by atoms with van der Waals surface area (Å²) >= 11 is 9.89. The molecule has 1 atom stereocenters. The molecule has 0 amide bonds. The number of nitrogens with zero attached hydrogens (tertiary/aromatic N) is 4. The summed E-state index contributed by atoms with van der Waals surface area (Å²) in [6, 6.07) is 21.6. The first kappa shape index (κ1) is 23.5. The summed E-state index contributed by atoms with van der Waals surface area (Å²) in [5.74, 6) is 0.734. The van der Waals surface area contributed by atoms with E-state index in [9.17, 15) is 4.79 Å². The Balaban J connectivity index is 1.63. The Hall–Kier alpha value is -3.22. The van der Waals surface area contributed by atoms with Crippen molar-refractivity contribution >= 4 is 55.6 Å². The van der Waals surface area contributed by atoms with Gasteiger partial charge in [0, 0.05) is 44.6 Å². The summed E-state index contributed by atoms with van der Waals surface area (Å²) < 4.78 is 4.44. The van der Waals surface area contributed by atoms with E-state index in [1.807, 2.05) is 48.5 Å². The van der Waals surface area contributed by atoms with E-state index in [1.54, 1.807) is 12.3 Å². The van der Waals surface area contributed by atoms with Crippen molar-refractivity contribution in [1.82, 2.24) is 14.2 Å². The lowest BCUT2D eigenvalue weighted by Crippen LogP contribution is -2.23. The van der Waals surface area contributed by atoms with Gasteiger partial charge in [0.1, 0.15) is 5.82 Å². The Bertz CT molecular complexity index is 1640. The van der Waals surface area contributed by atoms with E-state index in [4.69, 9.17) is 16.6 Å². The molecule has 3 aromatic carbocycles. The average molecular weight is 548 g/mol. The van der Waals surface area contributed by atoms with E-state index in [0.29, 0.717) is 23.3 Å². The minimum absolute atomic E-state index is 0.0782. The summed E-state index contributed by atoms with van der Waals surface area (Å²) in [5.41, 5.74) is 3.53. The van der Waals surface area contributed by atoms with Gasteiger partial charge >= 0.3 is 0 Å². The van der Waals surface area contributed by atoms with Crippen LogP contribution in [0.4, 0.5) is 0 Å². The van der Waals surface area contributed by atoms with E-state index in [2.05, 4.69) is 57.8 Å². The van der Waals surface area contributed by atoms with Gasteiger partial charge in [-0.15, -0.1) is 0 Å². The molecule has 2 aromatic heterocycles. The smallest absolute Gasteiger partial charge is 0.282 e. The number of fused-ring (bicyclic) bond motifs is 2. The molecule has 0 N–H and O–H groups in total. The van der Waals surface area contributed by atoms with Crippen LogP contribution in [-0.2, 0) is 6.54 Å². The van der Waals surface area contributed by atoms with Gasteiger partial charge < -0.3 is 4.57 Å². The van der Waals surface area contributed by atoms with Crippen LogP contribution in [0.15, 0.2) is 87.3 Å². The molecule has 0 aliphatic carbocycles. The monoisotopic (exact) mass is 546 g/mol. The fraction of sp³-hybridized carbons (Fsp3) is 0.179. The van der Waals surface area contributed by atoms with Gasteiger partial charge in [-0.05, 0) is 42.3 Å². The van der Waals surface area contributed by atoms with Gasteiger partial charge in [0.25, 0.3) is 5.56 Å². The van der Waals surface area contributed by atoms with Gasteiger partial charge in [0.2, 0.25) is 0 Å². The molecule has 5 nitrogen and oxygen atoms in total. The number of hydrogen-bond acceptors (Lipinski definition) is 3. The number of para-hydroxylation sites is 1. The highest BCUT2D eigenvalue weighted by atomic mass is 79.9. The van der Waals surface area contributed by atoms with Gasteiger partial charge in [-0.2, -0.15) is 9.78 Å². The van der Waals surface area contributed by atoms with E-state index in [0.717, 1.165) is 37.9 Å². The van der Waals surface area contributed by atoms with Crippen molar-refractivity contribution in [3.05, 3.63) is 110 Å². The third-order valence-electron chi connectivity index (χ3n) is 6.32. The van der Waals surface area contributed by atoms with E-state index < -0.39 is 0 Å². The second kappa shape index (κ2) is 9.80. The SMILES string of the molecule is CC[C@H](C)c1nc2ccc(Br)cc2c(=O)n1N=Cc1cn(Cc2ccccc2Cl)c2ccccc12. The zero-order chi connectivity index (χ0) is 24.5. The molecule has 0 aliphatic heterocycles. The van der Waals surface area contributed by atoms with Crippen LogP contribution in [0.1, 0.15) is 43.1 Å². The van der Waals surface area contributed by atoms with Crippen molar-refractivity contribution in [2.24, 2.45) is 5.10 Å². The molecule has 0 radical (unpaired) electrons. The van der Waals surface area contributed by atoms with Crippen LogP contribution in [0.25, 0.3) is 21.8 Å². The molecule has 0 spiro atoms. The predicted molar refractivity (Wildman–Crippen MR) is 148 cm³/mol. The Morgan fingerprint density at radius 2 is 1.86 bits per heavy atom. The standard InChI is InChI=1S/C28H24BrClN4O/c1-3-18(2)27-32-25-13-12-21(29)14-23(25)28(35)34(27)31-15-20-17-33(26-11-7-5-9-22(20)26)16-19-8-4-6-10-24(19)30/h4-15,17-18H,3,16H2,1-2H3/t18-/m0/s1. The van der Waals surface area contributed by atoms with Crippen molar-refractivity contribution in [2.75, 3.05) is 0 Å². The summed E-state index contributed by atoms with van der Waals surface area (Å²) in [7, 11) is 0. The second-order valence-corrected chi connectivity index (χ2v) is 9.95. The van der Waals surface area contributed by atoms with E-state index in [1.165, 1.54) is 4.68 Å². The molecule has 0 unspecified atom stereocenters. The minimum Gasteiger partial charge on any atom is -0.342 e. The Labute approximate surface area is 216 Å². The minimum atomic E-state index is -0.178. The number of halogens is 2. The van der Waals surface area contributed by atoms with Crippen LogP contribution < -0.4 is 5.56 Å². The molecule has 2 heterocycles. The van der Waals surface area contributed by atoms with E-state index in [-0.39, 0.29) is 11.5 Å². The van der Waals surface area contributed by atoms with Crippen molar-refractivity contribution in [3.8, 4) is 0 Å². The Kier molecular flexibility index (Phi) is 6.58. The van der Waals surface area contributed by atoms with Gasteiger partial charge in [-0.25, -0.2) is 4.98 Å². The molecule has 176 valence electrons. The van der Waals surface area contributed by atoms with Crippen LogP contribution in [0.5, 0.6) is 0 Å². The highest BCUT2D eigenvalue weighted by Crippen LogP contribution is 2.25. The summed E-state index contributed by atoms with van der Waals surface area (Å²) in [5, 5.41) is 7.00. The summed E-state index contributed by atoms with van der Waals surface area (Å²) in [4.78, 5) is 18.3. The molecule has 0 saturated carbocycles. The van der Waals surface area contributed by atoms with Gasteiger partial charge in [-0.1, -0.05) is 77.8 Å². The van der Waals surface area contributed by atoms with Gasteiger partial charge in [0.05, 0.1) is 17.1 Å². The van der Waals surface area contributed by atoms with Crippen LogP contribution in [0.3, 0.4) is 0 Å². The first-order valence-corrected chi connectivity index (χ1v) is 12.7. The molecule has 0 aliphatic rings.